The minimum Gasteiger partial charge on any atom is -0.347 e. The fourth-order valence-corrected chi connectivity index (χ4v) is 2.23. The van der Waals surface area contributed by atoms with Crippen LogP contribution in [0.25, 0.3) is 0 Å². The highest BCUT2D eigenvalue weighted by Crippen LogP contribution is 2.28. The number of rotatable bonds is 3. The number of imidazole rings is 1. The number of fused-ring (bicyclic) bond motifs is 1. The molecule has 1 atom stereocenters. The zero-order valence-electron chi connectivity index (χ0n) is 8.98. The number of nitrogens with zero attached hydrogens (tertiary/aromatic N) is 2. The van der Waals surface area contributed by atoms with Gasteiger partial charge in [-0.05, 0) is 24.5 Å². The van der Waals surface area contributed by atoms with Gasteiger partial charge in [-0.25, -0.2) is 4.98 Å². The van der Waals surface area contributed by atoms with Crippen LogP contribution in [0.3, 0.4) is 0 Å². The van der Waals surface area contributed by atoms with Crippen LogP contribution in [0.5, 0.6) is 0 Å². The highest BCUT2D eigenvalue weighted by atomic mass is 15.0. The Bertz CT molecular complexity index is 464. The Morgan fingerprint density at radius 2 is 2.50 bits per heavy atom. The first kappa shape index (κ1) is 9.54. The molecular weight excluding hydrogens is 200 g/mol. The summed E-state index contributed by atoms with van der Waals surface area (Å²) in [6.45, 7) is 0.820. The number of nitrogens with one attached hydrogen (secondary N) is 2. The van der Waals surface area contributed by atoms with Crippen LogP contribution in [0, 0.1) is 0 Å². The zero-order valence-corrected chi connectivity index (χ0v) is 8.98. The van der Waals surface area contributed by atoms with Crippen molar-refractivity contribution in [3.63, 3.8) is 0 Å². The molecule has 0 spiro atoms. The van der Waals surface area contributed by atoms with E-state index in [2.05, 4.69) is 26.3 Å². The summed E-state index contributed by atoms with van der Waals surface area (Å²) in [7, 11) is 0. The van der Waals surface area contributed by atoms with Crippen molar-refractivity contribution in [1.82, 2.24) is 20.3 Å². The van der Waals surface area contributed by atoms with Gasteiger partial charge in [0.2, 0.25) is 0 Å². The summed E-state index contributed by atoms with van der Waals surface area (Å²) in [5.74, 6) is 0. The Labute approximate surface area is 94.1 Å². The van der Waals surface area contributed by atoms with E-state index >= 15 is 0 Å². The minimum atomic E-state index is 0.388. The highest BCUT2D eigenvalue weighted by Gasteiger charge is 2.22. The van der Waals surface area contributed by atoms with E-state index < -0.39 is 0 Å². The summed E-state index contributed by atoms with van der Waals surface area (Å²) in [5, 5.41) is 3.51. The number of aromatic nitrogens is 3. The molecule has 1 aliphatic rings. The van der Waals surface area contributed by atoms with Gasteiger partial charge in [-0.15, -0.1) is 0 Å². The third-order valence-electron chi connectivity index (χ3n) is 3.05. The predicted octanol–water partition coefficient (Wildman–Crippen LogP) is 1.58. The Morgan fingerprint density at radius 3 is 3.38 bits per heavy atom. The Morgan fingerprint density at radius 1 is 1.50 bits per heavy atom. The molecule has 0 amide bonds. The molecule has 2 aromatic rings. The van der Waals surface area contributed by atoms with Crippen LogP contribution in [0.2, 0.25) is 0 Å². The van der Waals surface area contributed by atoms with Gasteiger partial charge in [0.1, 0.15) is 0 Å². The summed E-state index contributed by atoms with van der Waals surface area (Å²) < 4.78 is 0. The zero-order chi connectivity index (χ0) is 10.8. The summed E-state index contributed by atoms with van der Waals surface area (Å²) in [4.78, 5) is 11.5. The lowest BCUT2D eigenvalue weighted by molar-refractivity contribution is 0.517. The van der Waals surface area contributed by atoms with Crippen molar-refractivity contribution in [1.29, 1.82) is 0 Å². The molecule has 2 N–H and O–H groups in total. The van der Waals surface area contributed by atoms with Crippen molar-refractivity contribution in [2.75, 3.05) is 0 Å². The van der Waals surface area contributed by atoms with Crippen LogP contribution in [0.4, 0.5) is 0 Å². The molecule has 0 saturated carbocycles. The van der Waals surface area contributed by atoms with E-state index in [1.807, 2.05) is 18.5 Å². The average Bonchev–Trinajstić information content (AvgIpc) is 2.96. The van der Waals surface area contributed by atoms with Crippen molar-refractivity contribution in [3.05, 3.63) is 47.8 Å². The van der Waals surface area contributed by atoms with E-state index in [0.29, 0.717) is 6.04 Å². The van der Waals surface area contributed by atoms with Crippen molar-refractivity contribution in [3.8, 4) is 0 Å². The van der Waals surface area contributed by atoms with E-state index in [1.165, 1.54) is 11.3 Å². The van der Waals surface area contributed by atoms with Crippen molar-refractivity contribution < 1.29 is 0 Å². The molecule has 2 aromatic heterocycles. The van der Waals surface area contributed by atoms with Crippen LogP contribution >= 0.6 is 0 Å². The molecule has 0 aliphatic heterocycles. The first-order valence-corrected chi connectivity index (χ1v) is 5.58. The average molecular weight is 214 g/mol. The summed E-state index contributed by atoms with van der Waals surface area (Å²) in [6, 6.07) is 4.57. The van der Waals surface area contributed by atoms with E-state index in [9.17, 15) is 0 Å². The van der Waals surface area contributed by atoms with Crippen LogP contribution in [0.15, 0.2) is 30.9 Å². The Hall–Kier alpha value is -1.68. The normalized spacial score (nSPS) is 18.6. The summed E-state index contributed by atoms with van der Waals surface area (Å²) >= 11 is 0. The second kappa shape index (κ2) is 4.06. The first-order chi connectivity index (χ1) is 7.93. The highest BCUT2D eigenvalue weighted by molar-refractivity contribution is 5.27. The lowest BCUT2D eigenvalue weighted by Crippen LogP contribution is -2.19. The molecule has 1 unspecified atom stereocenters. The van der Waals surface area contributed by atoms with Crippen molar-refractivity contribution in [2.45, 2.75) is 25.4 Å². The maximum Gasteiger partial charge on any atom is 0.0922 e. The molecule has 0 saturated heterocycles. The quantitative estimate of drug-likeness (QED) is 0.815. The maximum atomic E-state index is 4.45. The van der Waals surface area contributed by atoms with Crippen LogP contribution < -0.4 is 5.32 Å². The minimum absolute atomic E-state index is 0.388. The largest absolute Gasteiger partial charge is 0.347 e. The molecule has 4 nitrogen and oxygen atoms in total. The van der Waals surface area contributed by atoms with Crippen LogP contribution in [-0.4, -0.2) is 15.0 Å². The number of hydrogen-bond acceptors (Lipinski definition) is 3. The second-order valence-corrected chi connectivity index (χ2v) is 4.10. The second-order valence-electron chi connectivity index (χ2n) is 4.10. The van der Waals surface area contributed by atoms with Gasteiger partial charge in [0.05, 0.1) is 18.1 Å². The molecule has 2 heterocycles. The van der Waals surface area contributed by atoms with Gasteiger partial charge in [-0.1, -0.05) is 6.07 Å². The third kappa shape index (κ3) is 1.72. The van der Waals surface area contributed by atoms with Gasteiger partial charge in [-0.2, -0.15) is 0 Å². The van der Waals surface area contributed by atoms with Gasteiger partial charge in [0, 0.05) is 24.6 Å². The lowest BCUT2D eigenvalue weighted by atomic mass is 10.2. The van der Waals surface area contributed by atoms with Gasteiger partial charge in [0.15, 0.2) is 0 Å². The SMILES string of the molecule is c1cnc2c(c1)CCC2NCc1cnc[nH]1. The summed E-state index contributed by atoms with van der Waals surface area (Å²) in [5.41, 5.74) is 3.70. The van der Waals surface area contributed by atoms with E-state index in [1.54, 1.807) is 6.33 Å². The number of H-pyrrole nitrogens is 1. The van der Waals surface area contributed by atoms with E-state index in [0.717, 1.165) is 25.1 Å². The number of aromatic amines is 1. The predicted molar refractivity (Wildman–Crippen MR) is 60.7 cm³/mol. The van der Waals surface area contributed by atoms with Crippen molar-refractivity contribution in [2.24, 2.45) is 0 Å². The molecule has 0 fully saturated rings. The monoisotopic (exact) mass is 214 g/mol. The molecule has 3 rings (SSSR count). The Balaban J connectivity index is 1.69. The van der Waals surface area contributed by atoms with Gasteiger partial charge in [0.25, 0.3) is 0 Å². The molecule has 82 valence electrons. The molecule has 0 radical (unpaired) electrons. The van der Waals surface area contributed by atoms with E-state index in [4.69, 9.17) is 0 Å². The molecule has 1 aliphatic carbocycles. The molecule has 0 bridgehead atoms. The smallest absolute Gasteiger partial charge is 0.0922 e. The number of hydrogen-bond donors (Lipinski definition) is 2. The van der Waals surface area contributed by atoms with Crippen LogP contribution in [-0.2, 0) is 13.0 Å². The first-order valence-electron chi connectivity index (χ1n) is 5.58. The molecular formula is C12H14N4. The summed E-state index contributed by atoms with van der Waals surface area (Å²) in [6.07, 6.45) is 7.69. The van der Waals surface area contributed by atoms with Gasteiger partial charge in [-0.3, -0.25) is 4.98 Å². The fraction of sp³-hybridized carbons (Fsp3) is 0.333. The molecule has 4 heteroatoms. The topological polar surface area (TPSA) is 53.6 Å². The van der Waals surface area contributed by atoms with Crippen molar-refractivity contribution >= 4 is 0 Å². The van der Waals surface area contributed by atoms with Gasteiger partial charge >= 0.3 is 0 Å². The third-order valence-corrected chi connectivity index (χ3v) is 3.05. The number of pyridine rings is 1. The lowest BCUT2D eigenvalue weighted by Gasteiger charge is -2.11. The Kier molecular flexibility index (Phi) is 2.42. The van der Waals surface area contributed by atoms with Gasteiger partial charge < -0.3 is 10.3 Å². The molecule has 0 aromatic carbocycles. The maximum absolute atomic E-state index is 4.45. The number of aryl methyl sites for hydroxylation is 1. The van der Waals surface area contributed by atoms with Crippen LogP contribution in [0.1, 0.15) is 29.4 Å². The molecule has 16 heavy (non-hydrogen) atoms. The standard InChI is InChI=1S/C12H14N4/c1-2-9-3-4-11(12(9)14-5-1)15-7-10-6-13-8-16-10/h1-2,5-6,8,11,15H,3-4,7H2,(H,13,16). The van der Waals surface area contributed by atoms with E-state index in [-0.39, 0.29) is 0 Å². The fourth-order valence-electron chi connectivity index (χ4n) is 2.23.